The molecule has 8 nitrogen and oxygen atoms in total. The molecule has 3 aromatic rings. The predicted octanol–water partition coefficient (Wildman–Crippen LogP) is 5.39. The molecule has 1 saturated carbocycles. The quantitative estimate of drug-likeness (QED) is 0.399. The highest BCUT2D eigenvalue weighted by Crippen LogP contribution is 2.33. The fourth-order valence-electron chi connectivity index (χ4n) is 5.11. The lowest BCUT2D eigenvalue weighted by Gasteiger charge is -2.29. The third-order valence-electron chi connectivity index (χ3n) is 7.32. The summed E-state index contributed by atoms with van der Waals surface area (Å²) in [6.07, 6.45) is 6.39. The summed E-state index contributed by atoms with van der Waals surface area (Å²) in [7, 11) is 0. The summed E-state index contributed by atoms with van der Waals surface area (Å²) in [5.74, 6) is 2.23. The Kier molecular flexibility index (Phi) is 7.73. The molecule has 1 atom stereocenters. The lowest BCUT2D eigenvalue weighted by atomic mass is 10.0. The molecule has 2 amide bonds. The summed E-state index contributed by atoms with van der Waals surface area (Å²) in [4.78, 5) is 27.9. The first-order valence-electron chi connectivity index (χ1n) is 13.0. The molecule has 0 spiro atoms. The van der Waals surface area contributed by atoms with Crippen LogP contribution in [-0.2, 0) is 17.9 Å². The van der Waals surface area contributed by atoms with Crippen LogP contribution in [0.25, 0.3) is 0 Å². The van der Waals surface area contributed by atoms with Gasteiger partial charge in [0, 0.05) is 19.0 Å². The topological polar surface area (TPSA) is 93.9 Å². The van der Waals surface area contributed by atoms with Crippen LogP contribution in [0.2, 0.25) is 0 Å². The van der Waals surface area contributed by atoms with Gasteiger partial charge in [-0.1, -0.05) is 67.2 Å². The molecule has 1 aliphatic heterocycles. The maximum atomic E-state index is 13.4. The molecule has 5 rings (SSSR count). The lowest BCUT2D eigenvalue weighted by molar-refractivity contribution is -0.134. The number of carbonyl (C=O) groups excluding carboxylic acids is 2. The Morgan fingerprint density at radius 3 is 2.65 bits per heavy atom. The molecule has 0 saturated heterocycles. The van der Waals surface area contributed by atoms with Gasteiger partial charge in [0.05, 0.1) is 12.6 Å². The van der Waals surface area contributed by atoms with Crippen molar-refractivity contribution in [1.82, 2.24) is 15.4 Å². The smallest absolute Gasteiger partial charge is 0.273 e. The Bertz CT molecular complexity index is 1220. The number of hydrogen-bond acceptors (Lipinski definition) is 6. The van der Waals surface area contributed by atoms with Gasteiger partial charge in [-0.25, -0.2) is 0 Å². The fraction of sp³-hybridized carbons (Fsp3) is 0.414. The van der Waals surface area contributed by atoms with Gasteiger partial charge in [-0.2, -0.15) is 0 Å². The first kappa shape index (κ1) is 24.9. The first-order valence-corrected chi connectivity index (χ1v) is 13.0. The second-order valence-corrected chi connectivity index (χ2v) is 9.85. The van der Waals surface area contributed by atoms with Gasteiger partial charge in [-0.3, -0.25) is 9.59 Å². The number of ether oxygens (including phenoxy) is 2. The summed E-state index contributed by atoms with van der Waals surface area (Å²) >= 11 is 0. The van der Waals surface area contributed by atoms with E-state index >= 15 is 0 Å². The zero-order chi connectivity index (χ0) is 25.6. The number of fused-ring (bicyclic) bond motifs is 1. The second kappa shape index (κ2) is 11.5. The van der Waals surface area contributed by atoms with Crippen LogP contribution in [0.15, 0.2) is 59.1 Å². The average Bonchev–Trinajstić information content (AvgIpc) is 3.71. The van der Waals surface area contributed by atoms with Gasteiger partial charge in [0.25, 0.3) is 5.91 Å². The van der Waals surface area contributed by atoms with E-state index in [0.29, 0.717) is 36.1 Å². The van der Waals surface area contributed by atoms with E-state index in [-0.39, 0.29) is 36.9 Å². The highest BCUT2D eigenvalue weighted by molar-refractivity contribution is 5.92. The zero-order valence-electron chi connectivity index (χ0n) is 21.2. The molecule has 1 fully saturated rings. The minimum absolute atomic E-state index is 0.0912. The minimum atomic E-state index is -0.345. The van der Waals surface area contributed by atoms with Crippen LogP contribution >= 0.6 is 0 Å². The molecule has 1 aliphatic carbocycles. The van der Waals surface area contributed by atoms with Crippen LogP contribution in [-0.4, -0.2) is 28.7 Å². The second-order valence-electron chi connectivity index (χ2n) is 9.85. The number of carbonyl (C=O) groups is 2. The highest BCUT2D eigenvalue weighted by atomic mass is 16.7. The average molecular weight is 504 g/mol. The fourth-order valence-corrected chi connectivity index (χ4v) is 5.11. The van der Waals surface area contributed by atoms with Crippen molar-refractivity contribution in [2.45, 2.75) is 64.6 Å². The van der Waals surface area contributed by atoms with Gasteiger partial charge in [0.15, 0.2) is 23.0 Å². The third-order valence-corrected chi connectivity index (χ3v) is 7.32. The molecular weight excluding hydrogens is 470 g/mol. The molecule has 0 bridgehead atoms. The Hall–Kier alpha value is -3.81. The Labute approximate surface area is 216 Å². The number of benzene rings is 2. The van der Waals surface area contributed by atoms with Crippen LogP contribution in [0.1, 0.15) is 78.9 Å². The van der Waals surface area contributed by atoms with E-state index in [1.165, 1.54) is 25.7 Å². The van der Waals surface area contributed by atoms with Gasteiger partial charge < -0.3 is 24.2 Å². The molecule has 0 radical (unpaired) electrons. The molecule has 194 valence electrons. The third kappa shape index (κ3) is 6.13. The molecule has 2 aromatic carbocycles. The van der Waals surface area contributed by atoms with E-state index in [4.69, 9.17) is 14.0 Å². The van der Waals surface area contributed by atoms with Crippen molar-refractivity contribution in [2.24, 2.45) is 5.92 Å². The van der Waals surface area contributed by atoms with Gasteiger partial charge in [0.2, 0.25) is 12.7 Å². The number of nitrogens with zero attached hydrogens (tertiary/aromatic N) is 2. The standard InChI is InChI=1S/C29H33N3O5/c1-20(23-9-3-2-4-10-23)32(28(33)14-12-21-7-5-6-8-21)18-24-16-25(31-37-24)29(34)30-17-22-11-13-26-27(15-22)36-19-35-26/h2-4,9-11,13,15-16,20-21H,5-8,12,14,17-19H2,1H3,(H,30,34). The number of rotatable bonds is 10. The van der Waals surface area contributed by atoms with Crippen LogP contribution in [0.3, 0.4) is 0 Å². The van der Waals surface area contributed by atoms with Crippen molar-refractivity contribution in [3.8, 4) is 11.5 Å². The van der Waals surface area contributed by atoms with Crippen molar-refractivity contribution in [3.05, 3.63) is 77.2 Å². The van der Waals surface area contributed by atoms with E-state index in [1.54, 1.807) is 6.07 Å². The summed E-state index contributed by atoms with van der Waals surface area (Å²) in [5, 5.41) is 6.83. The van der Waals surface area contributed by atoms with E-state index in [0.717, 1.165) is 17.5 Å². The Balaban J connectivity index is 1.23. The monoisotopic (exact) mass is 503 g/mol. The largest absolute Gasteiger partial charge is 0.454 e. The van der Waals surface area contributed by atoms with Gasteiger partial charge in [-0.05, 0) is 42.5 Å². The maximum Gasteiger partial charge on any atom is 0.273 e. The molecule has 2 heterocycles. The molecule has 1 N–H and O–H groups in total. The maximum absolute atomic E-state index is 13.4. The lowest BCUT2D eigenvalue weighted by Crippen LogP contribution is -2.33. The van der Waals surface area contributed by atoms with E-state index in [1.807, 2.05) is 60.4 Å². The summed E-state index contributed by atoms with van der Waals surface area (Å²) in [6, 6.07) is 17.0. The summed E-state index contributed by atoms with van der Waals surface area (Å²) < 4.78 is 16.2. The minimum Gasteiger partial charge on any atom is -0.454 e. The van der Waals surface area contributed by atoms with Crippen LogP contribution in [0.5, 0.6) is 11.5 Å². The summed E-state index contributed by atoms with van der Waals surface area (Å²) in [6.45, 7) is 2.80. The van der Waals surface area contributed by atoms with Crippen molar-refractivity contribution in [2.75, 3.05) is 6.79 Å². The SMILES string of the molecule is CC(c1ccccc1)N(Cc1cc(C(=O)NCc2ccc3c(c2)OCO3)no1)C(=O)CCC1CCCC1. The van der Waals surface area contributed by atoms with E-state index in [9.17, 15) is 9.59 Å². The van der Waals surface area contributed by atoms with Crippen molar-refractivity contribution in [3.63, 3.8) is 0 Å². The Morgan fingerprint density at radius 2 is 1.84 bits per heavy atom. The molecule has 1 unspecified atom stereocenters. The Morgan fingerprint density at radius 1 is 1.05 bits per heavy atom. The zero-order valence-corrected chi connectivity index (χ0v) is 21.2. The number of hydrogen-bond donors (Lipinski definition) is 1. The van der Waals surface area contributed by atoms with Crippen LogP contribution in [0, 0.1) is 5.92 Å². The highest BCUT2D eigenvalue weighted by Gasteiger charge is 2.26. The van der Waals surface area contributed by atoms with Crippen LogP contribution in [0.4, 0.5) is 0 Å². The van der Waals surface area contributed by atoms with E-state index < -0.39 is 0 Å². The summed E-state index contributed by atoms with van der Waals surface area (Å²) in [5.41, 5.74) is 2.12. The van der Waals surface area contributed by atoms with Crippen molar-refractivity contribution < 1.29 is 23.6 Å². The molecular formula is C29H33N3O5. The van der Waals surface area contributed by atoms with Gasteiger partial charge >= 0.3 is 0 Å². The predicted molar refractivity (Wildman–Crippen MR) is 137 cm³/mol. The van der Waals surface area contributed by atoms with Crippen molar-refractivity contribution in [1.29, 1.82) is 0 Å². The van der Waals surface area contributed by atoms with Crippen LogP contribution < -0.4 is 14.8 Å². The number of nitrogens with one attached hydrogen (secondary N) is 1. The molecule has 1 aromatic heterocycles. The number of amides is 2. The molecule has 37 heavy (non-hydrogen) atoms. The normalized spacial score (nSPS) is 15.5. The molecule has 2 aliphatic rings. The molecule has 8 heteroatoms. The van der Waals surface area contributed by atoms with E-state index in [2.05, 4.69) is 10.5 Å². The van der Waals surface area contributed by atoms with Crippen molar-refractivity contribution >= 4 is 11.8 Å². The first-order chi connectivity index (χ1) is 18.1. The van der Waals surface area contributed by atoms with Gasteiger partial charge in [0.1, 0.15) is 0 Å². The van der Waals surface area contributed by atoms with Gasteiger partial charge in [-0.15, -0.1) is 0 Å². The number of aromatic nitrogens is 1.